The first kappa shape index (κ1) is 25.9. The number of halogens is 3. The topological polar surface area (TPSA) is 86.3 Å². The van der Waals surface area contributed by atoms with E-state index in [-0.39, 0.29) is 42.2 Å². The van der Waals surface area contributed by atoms with E-state index in [9.17, 15) is 4.79 Å². The van der Waals surface area contributed by atoms with E-state index in [4.69, 9.17) is 22.1 Å². The van der Waals surface area contributed by atoms with E-state index in [0.29, 0.717) is 31.9 Å². The van der Waals surface area contributed by atoms with Crippen molar-refractivity contribution in [2.45, 2.75) is 50.1 Å². The van der Waals surface area contributed by atoms with Crippen molar-refractivity contribution in [3.05, 3.63) is 46.5 Å². The molecular weight excluding hydrogens is 461 g/mol. The molecule has 2 aromatic rings. The van der Waals surface area contributed by atoms with Crippen LogP contribution < -0.4 is 5.73 Å². The molecule has 2 aliphatic rings. The van der Waals surface area contributed by atoms with Crippen LogP contribution in [0.15, 0.2) is 24.3 Å². The number of carbonyl (C=O) groups is 1. The first-order valence-electron chi connectivity index (χ1n) is 10.3. The molecule has 1 saturated carbocycles. The maximum atomic E-state index is 13.1. The van der Waals surface area contributed by atoms with Crippen LogP contribution in [0.25, 0.3) is 0 Å². The van der Waals surface area contributed by atoms with Crippen molar-refractivity contribution >= 4 is 42.3 Å². The molecule has 4 rings (SSSR count). The molecule has 0 saturated heterocycles. The Morgan fingerprint density at radius 2 is 1.97 bits per heavy atom. The van der Waals surface area contributed by atoms with Crippen LogP contribution in [-0.4, -0.2) is 58.4 Å². The highest BCUT2D eigenvalue weighted by molar-refractivity contribution is 6.30. The smallest absolute Gasteiger partial charge is 0.292 e. The van der Waals surface area contributed by atoms with Gasteiger partial charge in [0.2, 0.25) is 5.82 Å². The van der Waals surface area contributed by atoms with Gasteiger partial charge in [-0.15, -0.1) is 35.0 Å². The number of rotatable bonds is 6. The minimum atomic E-state index is -0.0619. The van der Waals surface area contributed by atoms with Crippen molar-refractivity contribution in [1.82, 2.24) is 19.7 Å². The predicted molar refractivity (Wildman–Crippen MR) is 126 cm³/mol. The Hall–Kier alpha value is -1.38. The van der Waals surface area contributed by atoms with Gasteiger partial charge in [-0.25, -0.2) is 0 Å². The standard InChI is InChI=1S/C21H28ClN5O2.2ClH/c1-29-12-7-18-24-25-19-20(28)26(10-11-27(18)19)17-5-8-21(14-23,9-6-17)15-3-2-4-16(22)13-15;;/h2-4,13,17H,5-12,14,23H2,1H3;2*1H/t17-,21+;;. The van der Waals surface area contributed by atoms with Crippen LogP contribution in [0.2, 0.25) is 5.02 Å². The minimum Gasteiger partial charge on any atom is -0.384 e. The molecule has 1 fully saturated rings. The molecule has 1 amide bonds. The highest BCUT2D eigenvalue weighted by Gasteiger charge is 2.40. The molecule has 2 heterocycles. The first-order chi connectivity index (χ1) is 14.1. The molecule has 7 nitrogen and oxygen atoms in total. The molecule has 0 radical (unpaired) electrons. The van der Waals surface area contributed by atoms with Crippen LogP contribution in [0.1, 0.15) is 47.7 Å². The summed E-state index contributed by atoms with van der Waals surface area (Å²) in [6.45, 7) is 2.59. The Labute approximate surface area is 200 Å². The fourth-order valence-corrected chi connectivity index (χ4v) is 4.98. The van der Waals surface area contributed by atoms with E-state index in [0.717, 1.165) is 43.1 Å². The second-order valence-corrected chi connectivity index (χ2v) is 8.50. The maximum Gasteiger partial charge on any atom is 0.292 e. The van der Waals surface area contributed by atoms with Crippen molar-refractivity contribution in [1.29, 1.82) is 0 Å². The zero-order valence-electron chi connectivity index (χ0n) is 17.6. The SMILES string of the molecule is COCCc1nnc2n1CCN([C@H]1CC[C@@](CN)(c3cccc(Cl)c3)CC1)C2=O.Cl.Cl. The summed E-state index contributed by atoms with van der Waals surface area (Å²) < 4.78 is 7.07. The first-order valence-corrected chi connectivity index (χ1v) is 10.6. The number of nitrogens with two attached hydrogens (primary N) is 1. The van der Waals surface area contributed by atoms with E-state index >= 15 is 0 Å². The minimum absolute atomic E-state index is 0. The number of hydrogen-bond donors (Lipinski definition) is 1. The number of carbonyl (C=O) groups excluding carboxylic acids is 1. The molecule has 0 spiro atoms. The number of fused-ring (bicyclic) bond motifs is 1. The van der Waals surface area contributed by atoms with Gasteiger partial charge in [0.15, 0.2) is 0 Å². The molecule has 1 aromatic carbocycles. The van der Waals surface area contributed by atoms with Crippen LogP contribution in [-0.2, 0) is 23.1 Å². The summed E-state index contributed by atoms with van der Waals surface area (Å²) in [7, 11) is 1.66. The molecule has 0 bridgehead atoms. The Morgan fingerprint density at radius 1 is 1.23 bits per heavy atom. The second-order valence-electron chi connectivity index (χ2n) is 8.06. The summed E-state index contributed by atoms with van der Waals surface area (Å²) in [5, 5.41) is 9.12. The summed E-state index contributed by atoms with van der Waals surface area (Å²) in [5.74, 6) is 1.26. The van der Waals surface area contributed by atoms with Gasteiger partial charge < -0.3 is 19.9 Å². The second kappa shape index (κ2) is 11.0. The van der Waals surface area contributed by atoms with Crippen LogP contribution in [0.5, 0.6) is 0 Å². The fraction of sp³-hybridized carbons (Fsp3) is 0.571. The lowest BCUT2D eigenvalue weighted by atomic mass is 9.68. The lowest BCUT2D eigenvalue weighted by Gasteiger charge is -2.44. The molecule has 1 aliphatic heterocycles. The van der Waals surface area contributed by atoms with Crippen LogP contribution in [0.4, 0.5) is 0 Å². The van der Waals surface area contributed by atoms with Gasteiger partial charge in [0, 0.05) is 49.6 Å². The van der Waals surface area contributed by atoms with Gasteiger partial charge in [-0.1, -0.05) is 23.7 Å². The molecule has 1 aliphatic carbocycles. The van der Waals surface area contributed by atoms with Gasteiger partial charge >= 0.3 is 0 Å². The van der Waals surface area contributed by atoms with Gasteiger partial charge in [0.1, 0.15) is 5.82 Å². The Bertz CT molecular complexity index is 884. The molecule has 2 N–H and O–H groups in total. The van der Waals surface area contributed by atoms with E-state index in [2.05, 4.69) is 16.3 Å². The van der Waals surface area contributed by atoms with Crippen molar-refractivity contribution in [3.63, 3.8) is 0 Å². The average molecular weight is 491 g/mol. The quantitative estimate of drug-likeness (QED) is 0.672. The van der Waals surface area contributed by atoms with Crippen molar-refractivity contribution in [3.8, 4) is 0 Å². The number of aromatic nitrogens is 3. The number of benzene rings is 1. The van der Waals surface area contributed by atoms with Gasteiger partial charge in [-0.05, 0) is 43.4 Å². The van der Waals surface area contributed by atoms with E-state index in [1.807, 2.05) is 27.7 Å². The molecule has 0 unspecified atom stereocenters. The van der Waals surface area contributed by atoms with E-state index < -0.39 is 0 Å². The normalized spacial score (nSPS) is 23.0. The third kappa shape index (κ3) is 5.01. The van der Waals surface area contributed by atoms with Crippen molar-refractivity contribution in [2.75, 3.05) is 26.8 Å². The summed E-state index contributed by atoms with van der Waals surface area (Å²) in [4.78, 5) is 15.1. The zero-order chi connectivity index (χ0) is 20.4. The molecule has 10 heteroatoms. The Balaban J connectivity index is 0.00000171. The summed E-state index contributed by atoms with van der Waals surface area (Å²) in [5.41, 5.74) is 7.37. The molecular formula is C21H30Cl3N5O2. The van der Waals surface area contributed by atoms with Gasteiger partial charge in [-0.3, -0.25) is 4.79 Å². The Kier molecular flexibility index (Phi) is 9.15. The van der Waals surface area contributed by atoms with Crippen LogP contribution in [0, 0.1) is 0 Å². The fourth-order valence-electron chi connectivity index (χ4n) is 4.79. The van der Waals surface area contributed by atoms with Gasteiger partial charge in [0.25, 0.3) is 5.91 Å². The highest BCUT2D eigenvalue weighted by atomic mass is 35.5. The zero-order valence-corrected chi connectivity index (χ0v) is 20.0. The molecule has 0 atom stereocenters. The van der Waals surface area contributed by atoms with E-state index in [1.54, 1.807) is 7.11 Å². The largest absolute Gasteiger partial charge is 0.384 e. The number of amides is 1. The molecule has 1 aromatic heterocycles. The monoisotopic (exact) mass is 489 g/mol. The van der Waals surface area contributed by atoms with Gasteiger partial charge in [-0.2, -0.15) is 0 Å². The van der Waals surface area contributed by atoms with E-state index in [1.165, 1.54) is 5.56 Å². The van der Waals surface area contributed by atoms with Crippen LogP contribution >= 0.6 is 36.4 Å². The number of nitrogens with zero attached hydrogens (tertiary/aromatic N) is 4. The van der Waals surface area contributed by atoms with Crippen molar-refractivity contribution in [2.24, 2.45) is 5.73 Å². The third-order valence-electron chi connectivity index (χ3n) is 6.55. The van der Waals surface area contributed by atoms with Gasteiger partial charge in [0.05, 0.1) is 6.61 Å². The van der Waals surface area contributed by atoms with Crippen LogP contribution in [0.3, 0.4) is 0 Å². The number of ether oxygens (including phenoxy) is 1. The Morgan fingerprint density at radius 3 is 2.61 bits per heavy atom. The molecule has 31 heavy (non-hydrogen) atoms. The lowest BCUT2D eigenvalue weighted by Crippen LogP contribution is -2.51. The maximum absolute atomic E-state index is 13.1. The van der Waals surface area contributed by atoms with Crippen molar-refractivity contribution < 1.29 is 9.53 Å². The lowest BCUT2D eigenvalue weighted by molar-refractivity contribution is 0.0520. The third-order valence-corrected chi connectivity index (χ3v) is 6.79. The number of methoxy groups -OCH3 is 1. The average Bonchev–Trinajstić information content (AvgIpc) is 3.16. The predicted octanol–water partition coefficient (Wildman–Crippen LogP) is 3.26. The molecule has 172 valence electrons. The highest BCUT2D eigenvalue weighted by Crippen LogP contribution is 2.41. The summed E-state index contributed by atoms with van der Waals surface area (Å²) >= 11 is 6.22. The number of hydrogen-bond acceptors (Lipinski definition) is 5. The summed E-state index contributed by atoms with van der Waals surface area (Å²) in [6, 6.07) is 8.25. The summed E-state index contributed by atoms with van der Waals surface area (Å²) in [6.07, 6.45) is 4.42.